The van der Waals surface area contributed by atoms with E-state index in [1.165, 1.54) is 4.31 Å². The first-order chi connectivity index (χ1) is 7.12. The van der Waals surface area contributed by atoms with Crippen LogP contribution in [0.15, 0.2) is 5.16 Å². The average Bonchev–Trinajstić information content (AvgIpc) is 3.01. The van der Waals surface area contributed by atoms with Crippen molar-refractivity contribution in [2.75, 3.05) is 18.8 Å². The van der Waals surface area contributed by atoms with Crippen molar-refractivity contribution >= 4 is 15.7 Å². The van der Waals surface area contributed by atoms with Gasteiger partial charge in [0, 0.05) is 25.9 Å². The molecule has 2 fully saturated rings. The molecule has 15 heavy (non-hydrogen) atoms. The molecular formula is C9H16N2O3S. The lowest BCUT2D eigenvalue weighted by atomic mass is 10.1. The van der Waals surface area contributed by atoms with Crippen LogP contribution in [0.2, 0.25) is 0 Å². The van der Waals surface area contributed by atoms with E-state index in [2.05, 4.69) is 5.16 Å². The minimum atomic E-state index is -3.06. The van der Waals surface area contributed by atoms with Gasteiger partial charge < -0.3 is 5.21 Å². The van der Waals surface area contributed by atoms with E-state index in [4.69, 9.17) is 5.21 Å². The third kappa shape index (κ3) is 2.69. The predicted octanol–water partition coefficient (Wildman–Crippen LogP) is 0.652. The number of hydrogen-bond acceptors (Lipinski definition) is 4. The predicted molar refractivity (Wildman–Crippen MR) is 56.5 cm³/mol. The zero-order valence-corrected chi connectivity index (χ0v) is 9.41. The number of hydrogen-bond donors (Lipinski definition) is 1. The molecule has 0 atom stereocenters. The number of oxime groups is 1. The zero-order chi connectivity index (χ0) is 10.9. The topological polar surface area (TPSA) is 70.0 Å². The van der Waals surface area contributed by atoms with Crippen LogP contribution in [0.3, 0.4) is 0 Å². The van der Waals surface area contributed by atoms with Crippen LogP contribution >= 0.6 is 0 Å². The third-order valence-corrected chi connectivity index (χ3v) is 5.02. The van der Waals surface area contributed by atoms with E-state index in [0.717, 1.165) is 12.8 Å². The molecule has 1 saturated carbocycles. The number of piperidine rings is 1. The van der Waals surface area contributed by atoms with Gasteiger partial charge in [0.1, 0.15) is 0 Å². The summed E-state index contributed by atoms with van der Waals surface area (Å²) in [6, 6.07) is 0. The highest BCUT2D eigenvalue weighted by Gasteiger charge is 2.33. The van der Waals surface area contributed by atoms with Crippen LogP contribution in [-0.2, 0) is 10.0 Å². The molecule has 1 aliphatic heterocycles. The molecule has 0 radical (unpaired) electrons. The van der Waals surface area contributed by atoms with Gasteiger partial charge in [-0.3, -0.25) is 0 Å². The lowest BCUT2D eigenvalue weighted by Gasteiger charge is -2.26. The van der Waals surface area contributed by atoms with E-state index in [1.54, 1.807) is 0 Å². The third-order valence-electron chi connectivity index (χ3n) is 2.98. The molecule has 0 aromatic heterocycles. The van der Waals surface area contributed by atoms with Gasteiger partial charge in [0.25, 0.3) is 0 Å². The van der Waals surface area contributed by atoms with Crippen molar-refractivity contribution in [3.05, 3.63) is 0 Å². The molecule has 0 aromatic rings. The highest BCUT2D eigenvalue weighted by Crippen LogP contribution is 2.31. The molecule has 0 amide bonds. The molecule has 1 heterocycles. The monoisotopic (exact) mass is 232 g/mol. The Hall–Kier alpha value is -0.620. The fraction of sp³-hybridized carbons (Fsp3) is 0.889. The van der Waals surface area contributed by atoms with E-state index in [9.17, 15) is 8.42 Å². The molecule has 0 aromatic carbocycles. The Bertz CT molecular complexity index is 350. The Balaban J connectivity index is 1.93. The van der Waals surface area contributed by atoms with Crippen LogP contribution in [0.4, 0.5) is 0 Å². The van der Waals surface area contributed by atoms with Crippen molar-refractivity contribution in [2.24, 2.45) is 11.1 Å². The summed E-state index contributed by atoms with van der Waals surface area (Å²) in [6.45, 7) is 0.933. The Morgan fingerprint density at radius 3 is 2.40 bits per heavy atom. The van der Waals surface area contributed by atoms with Crippen molar-refractivity contribution < 1.29 is 13.6 Å². The molecule has 6 heteroatoms. The SMILES string of the molecule is O=S(=O)(CC1CC1)N1CCC(=NO)CC1. The fourth-order valence-corrected chi connectivity index (χ4v) is 3.69. The Kier molecular flexibility index (Phi) is 2.97. The highest BCUT2D eigenvalue weighted by atomic mass is 32.2. The summed E-state index contributed by atoms with van der Waals surface area (Å²) in [5.41, 5.74) is 0.702. The van der Waals surface area contributed by atoms with Gasteiger partial charge in [-0.15, -0.1) is 0 Å². The maximum absolute atomic E-state index is 11.9. The number of sulfonamides is 1. The summed E-state index contributed by atoms with van der Waals surface area (Å²) in [5, 5.41) is 11.7. The van der Waals surface area contributed by atoms with E-state index >= 15 is 0 Å². The van der Waals surface area contributed by atoms with Crippen molar-refractivity contribution in [3.8, 4) is 0 Å². The minimum absolute atomic E-state index is 0.304. The van der Waals surface area contributed by atoms with Gasteiger partial charge in [-0.1, -0.05) is 5.16 Å². The van der Waals surface area contributed by atoms with Crippen molar-refractivity contribution in [1.82, 2.24) is 4.31 Å². The first kappa shape index (κ1) is 10.9. The van der Waals surface area contributed by atoms with Crippen LogP contribution in [0.1, 0.15) is 25.7 Å². The molecule has 2 rings (SSSR count). The average molecular weight is 232 g/mol. The standard InChI is InChI=1S/C9H16N2O3S/c12-10-9-3-5-11(6-4-9)15(13,14)7-8-1-2-8/h8,12H,1-7H2. The molecule has 86 valence electrons. The maximum atomic E-state index is 11.9. The van der Waals surface area contributed by atoms with Crippen LogP contribution in [-0.4, -0.2) is 42.5 Å². The van der Waals surface area contributed by atoms with Crippen LogP contribution in [0.5, 0.6) is 0 Å². The zero-order valence-electron chi connectivity index (χ0n) is 8.59. The van der Waals surface area contributed by atoms with Gasteiger partial charge in [0.2, 0.25) is 10.0 Å². The molecular weight excluding hydrogens is 216 g/mol. The minimum Gasteiger partial charge on any atom is -0.411 e. The smallest absolute Gasteiger partial charge is 0.214 e. The van der Waals surface area contributed by atoms with Crippen molar-refractivity contribution in [1.29, 1.82) is 0 Å². The first-order valence-corrected chi connectivity index (χ1v) is 6.90. The normalized spacial score (nSPS) is 24.1. The molecule has 2 aliphatic rings. The Morgan fingerprint density at radius 1 is 1.33 bits per heavy atom. The van der Waals surface area contributed by atoms with Gasteiger partial charge >= 0.3 is 0 Å². The molecule has 1 N–H and O–H groups in total. The molecule has 5 nitrogen and oxygen atoms in total. The lowest BCUT2D eigenvalue weighted by Crippen LogP contribution is -2.40. The van der Waals surface area contributed by atoms with E-state index < -0.39 is 10.0 Å². The molecule has 1 aliphatic carbocycles. The first-order valence-electron chi connectivity index (χ1n) is 5.29. The summed E-state index contributed by atoms with van der Waals surface area (Å²) in [4.78, 5) is 0. The summed E-state index contributed by atoms with van der Waals surface area (Å²) in [7, 11) is -3.06. The van der Waals surface area contributed by atoms with E-state index in [-0.39, 0.29) is 0 Å². The summed E-state index contributed by atoms with van der Waals surface area (Å²) in [6.07, 6.45) is 3.22. The Labute approximate surface area is 89.8 Å². The van der Waals surface area contributed by atoms with Gasteiger partial charge in [-0.25, -0.2) is 12.7 Å². The molecule has 1 saturated heterocycles. The molecule has 0 bridgehead atoms. The van der Waals surface area contributed by atoms with Gasteiger partial charge in [-0.05, 0) is 18.8 Å². The van der Waals surface area contributed by atoms with E-state index in [0.29, 0.717) is 43.3 Å². The van der Waals surface area contributed by atoms with Crippen molar-refractivity contribution in [2.45, 2.75) is 25.7 Å². The lowest BCUT2D eigenvalue weighted by molar-refractivity contribution is 0.309. The highest BCUT2D eigenvalue weighted by molar-refractivity contribution is 7.89. The molecule has 0 unspecified atom stereocenters. The summed E-state index contributed by atoms with van der Waals surface area (Å²) < 4.78 is 25.2. The second kappa shape index (κ2) is 4.09. The quantitative estimate of drug-likeness (QED) is 0.574. The number of nitrogens with zero attached hydrogens (tertiary/aromatic N) is 2. The van der Waals surface area contributed by atoms with Crippen LogP contribution < -0.4 is 0 Å². The van der Waals surface area contributed by atoms with Crippen molar-refractivity contribution in [3.63, 3.8) is 0 Å². The second-order valence-electron chi connectivity index (χ2n) is 4.29. The van der Waals surface area contributed by atoms with Gasteiger partial charge in [0.05, 0.1) is 11.5 Å². The molecule has 0 spiro atoms. The summed E-state index contributed by atoms with van der Waals surface area (Å²) >= 11 is 0. The van der Waals surface area contributed by atoms with Gasteiger partial charge in [0.15, 0.2) is 0 Å². The van der Waals surface area contributed by atoms with Crippen LogP contribution in [0, 0.1) is 5.92 Å². The fourth-order valence-electron chi connectivity index (χ4n) is 1.81. The summed E-state index contributed by atoms with van der Waals surface area (Å²) in [5.74, 6) is 0.696. The van der Waals surface area contributed by atoms with E-state index in [1.807, 2.05) is 0 Å². The number of rotatable bonds is 3. The van der Waals surface area contributed by atoms with Crippen LogP contribution in [0.25, 0.3) is 0 Å². The largest absolute Gasteiger partial charge is 0.411 e. The maximum Gasteiger partial charge on any atom is 0.214 e. The second-order valence-corrected chi connectivity index (χ2v) is 6.30. The Morgan fingerprint density at radius 2 is 1.93 bits per heavy atom. The van der Waals surface area contributed by atoms with Gasteiger partial charge in [-0.2, -0.15) is 0 Å².